The quantitative estimate of drug-likeness (QED) is 0.0723. The molecule has 1 heterocycles. The Kier molecular flexibility index (Phi) is 15.6. The third-order valence-corrected chi connectivity index (χ3v) is 9.49. The molecule has 4 N–H and O–H groups in total. The van der Waals surface area contributed by atoms with Crippen molar-refractivity contribution in [3.63, 3.8) is 0 Å². The Labute approximate surface area is 333 Å². The Morgan fingerprint density at radius 3 is 1.82 bits per heavy atom. The van der Waals surface area contributed by atoms with E-state index in [2.05, 4.69) is 64.5 Å². The minimum atomic E-state index is -4.45. The number of amides is 1. The zero-order chi connectivity index (χ0) is 39.8. The summed E-state index contributed by atoms with van der Waals surface area (Å²) in [6.45, 7) is 4.14. The van der Waals surface area contributed by atoms with Crippen LogP contribution < -0.4 is 20.9 Å². The van der Waals surface area contributed by atoms with Gasteiger partial charge in [-0.2, -0.15) is 13.2 Å². The van der Waals surface area contributed by atoms with Crippen LogP contribution in [0.3, 0.4) is 0 Å². The standard InChI is InChI=1S/C27H21ClF3N3O3S.C16H20N2/c28-21-9-5-18(6-10-21)23-16-38-26(33-23)34(22-11-7-20(8-12-22)27(29,30)31)15-17-1-3-19(4-2-17)25(37)32-14-13-24(35)36;1-3-7-15(8-4-1)13-17-11-12-18-14-16-9-5-2-6-10-16/h1-12,16H,13-15H2,(H,32,37)(H,35,36);1-10,17-18H,11-14H2. The van der Waals surface area contributed by atoms with E-state index in [0.29, 0.717) is 27.1 Å². The normalized spacial score (nSPS) is 11.0. The Bertz CT molecular complexity index is 2060. The van der Waals surface area contributed by atoms with Gasteiger partial charge in [-0.25, -0.2) is 4.98 Å². The highest BCUT2D eigenvalue weighted by atomic mass is 35.5. The third-order valence-electron chi connectivity index (χ3n) is 8.37. The summed E-state index contributed by atoms with van der Waals surface area (Å²) in [5.74, 6) is -1.41. The molecule has 0 aliphatic carbocycles. The molecule has 1 amide bonds. The molecule has 6 aromatic rings. The fourth-order valence-electron chi connectivity index (χ4n) is 5.40. The fraction of sp³-hybridized carbons (Fsp3) is 0.186. The third kappa shape index (κ3) is 13.3. The lowest BCUT2D eigenvalue weighted by Gasteiger charge is -2.23. The summed E-state index contributed by atoms with van der Waals surface area (Å²) >= 11 is 7.33. The van der Waals surface area contributed by atoms with Gasteiger partial charge < -0.3 is 26.0 Å². The van der Waals surface area contributed by atoms with E-state index in [0.717, 1.165) is 49.4 Å². The van der Waals surface area contributed by atoms with Gasteiger partial charge in [0.2, 0.25) is 0 Å². The van der Waals surface area contributed by atoms with Crippen molar-refractivity contribution in [1.29, 1.82) is 0 Å². The average molecular weight is 800 g/mol. The van der Waals surface area contributed by atoms with E-state index in [9.17, 15) is 22.8 Å². The molecule has 5 aromatic carbocycles. The molecule has 0 unspecified atom stereocenters. The highest BCUT2D eigenvalue weighted by Gasteiger charge is 2.30. The number of thiazole rings is 1. The number of hydrogen-bond donors (Lipinski definition) is 4. The number of aromatic nitrogens is 1. The molecule has 13 heteroatoms. The van der Waals surface area contributed by atoms with E-state index in [1.807, 2.05) is 29.6 Å². The lowest BCUT2D eigenvalue weighted by atomic mass is 10.1. The van der Waals surface area contributed by atoms with Gasteiger partial charge in [-0.15, -0.1) is 11.3 Å². The Morgan fingerprint density at radius 2 is 1.29 bits per heavy atom. The zero-order valence-corrected chi connectivity index (χ0v) is 31.9. The van der Waals surface area contributed by atoms with E-state index in [-0.39, 0.29) is 19.5 Å². The van der Waals surface area contributed by atoms with Crippen LogP contribution in [0.15, 0.2) is 139 Å². The first-order chi connectivity index (χ1) is 27.0. The van der Waals surface area contributed by atoms with Gasteiger partial charge in [-0.3, -0.25) is 9.59 Å². The number of nitrogens with zero attached hydrogens (tertiary/aromatic N) is 2. The van der Waals surface area contributed by atoms with Crippen LogP contribution in [0.5, 0.6) is 0 Å². The van der Waals surface area contributed by atoms with Crippen molar-refractivity contribution in [3.05, 3.63) is 172 Å². The van der Waals surface area contributed by atoms with Crippen LogP contribution in [0.1, 0.15) is 39.0 Å². The minimum absolute atomic E-state index is 0.0115. The van der Waals surface area contributed by atoms with Gasteiger partial charge in [0.25, 0.3) is 5.91 Å². The molecule has 290 valence electrons. The molecule has 6 rings (SSSR count). The average Bonchev–Trinajstić information content (AvgIpc) is 3.69. The van der Waals surface area contributed by atoms with Crippen molar-refractivity contribution in [1.82, 2.24) is 20.9 Å². The van der Waals surface area contributed by atoms with Gasteiger partial charge in [-0.1, -0.05) is 96.5 Å². The number of benzene rings is 5. The monoisotopic (exact) mass is 799 g/mol. The second kappa shape index (κ2) is 21.0. The van der Waals surface area contributed by atoms with Crippen molar-refractivity contribution < 1.29 is 27.9 Å². The number of halogens is 4. The predicted molar refractivity (Wildman–Crippen MR) is 217 cm³/mol. The van der Waals surface area contributed by atoms with Crippen LogP contribution >= 0.6 is 22.9 Å². The molecular formula is C43H41ClF3N5O3S. The highest BCUT2D eigenvalue weighted by molar-refractivity contribution is 7.14. The summed E-state index contributed by atoms with van der Waals surface area (Å²) in [5.41, 5.74) is 5.14. The fourth-order valence-corrected chi connectivity index (χ4v) is 6.38. The van der Waals surface area contributed by atoms with Crippen LogP contribution in [-0.2, 0) is 30.6 Å². The van der Waals surface area contributed by atoms with Gasteiger partial charge >= 0.3 is 12.1 Å². The van der Waals surface area contributed by atoms with Crippen molar-refractivity contribution >= 4 is 45.6 Å². The number of carboxylic acids is 1. The number of nitrogens with one attached hydrogen (secondary N) is 3. The largest absolute Gasteiger partial charge is 0.481 e. The maximum Gasteiger partial charge on any atom is 0.416 e. The first-order valence-electron chi connectivity index (χ1n) is 17.8. The smallest absolute Gasteiger partial charge is 0.416 e. The summed E-state index contributed by atoms with van der Waals surface area (Å²) in [6.07, 6.45) is -4.63. The SMILES string of the molecule is O=C(O)CCNC(=O)c1ccc(CN(c2ccc(C(F)(F)F)cc2)c2nc(-c3ccc(Cl)cc3)cs2)cc1.c1ccc(CNCCNCc2ccccc2)cc1. The van der Waals surface area contributed by atoms with Gasteiger partial charge in [-0.05, 0) is 65.2 Å². The second-order valence-corrected chi connectivity index (χ2v) is 13.8. The Balaban J connectivity index is 0.000000278. The first-order valence-corrected chi connectivity index (χ1v) is 19.1. The molecule has 0 aliphatic heterocycles. The maximum absolute atomic E-state index is 13.1. The first kappa shape index (κ1) is 41.6. The van der Waals surface area contributed by atoms with Crippen LogP contribution in [0.2, 0.25) is 5.02 Å². The number of hydrogen-bond acceptors (Lipinski definition) is 7. The molecule has 0 saturated carbocycles. The summed E-state index contributed by atoms with van der Waals surface area (Å²) in [5, 5.41) is 21.1. The number of aliphatic carboxylic acids is 1. The van der Waals surface area contributed by atoms with E-state index in [1.54, 1.807) is 41.3 Å². The molecule has 0 fully saturated rings. The van der Waals surface area contributed by atoms with E-state index < -0.39 is 23.6 Å². The van der Waals surface area contributed by atoms with Crippen molar-refractivity contribution in [3.8, 4) is 11.3 Å². The molecule has 8 nitrogen and oxygen atoms in total. The lowest BCUT2D eigenvalue weighted by molar-refractivity contribution is -0.138. The molecule has 0 spiro atoms. The summed E-state index contributed by atoms with van der Waals surface area (Å²) in [4.78, 5) is 29.4. The van der Waals surface area contributed by atoms with Crippen molar-refractivity contribution in [2.45, 2.75) is 32.2 Å². The second-order valence-electron chi connectivity index (χ2n) is 12.6. The summed E-state index contributed by atoms with van der Waals surface area (Å²) in [7, 11) is 0. The van der Waals surface area contributed by atoms with E-state index in [4.69, 9.17) is 21.7 Å². The number of carbonyl (C=O) groups excluding carboxylic acids is 1. The number of alkyl halides is 3. The van der Waals surface area contributed by atoms with Crippen molar-refractivity contribution in [2.24, 2.45) is 0 Å². The van der Waals surface area contributed by atoms with Crippen LogP contribution in [0.4, 0.5) is 24.0 Å². The maximum atomic E-state index is 13.1. The van der Waals surface area contributed by atoms with Crippen LogP contribution in [-0.4, -0.2) is 41.6 Å². The number of carboxylic acid groups (broad SMARTS) is 1. The molecule has 0 aliphatic rings. The molecule has 0 atom stereocenters. The van der Waals surface area contributed by atoms with Gasteiger partial charge in [0.1, 0.15) is 0 Å². The van der Waals surface area contributed by atoms with E-state index in [1.165, 1.54) is 34.6 Å². The molecule has 1 aromatic heterocycles. The molecule has 0 saturated heterocycles. The molecular weight excluding hydrogens is 759 g/mol. The lowest BCUT2D eigenvalue weighted by Crippen LogP contribution is -2.26. The number of carbonyl (C=O) groups is 2. The zero-order valence-electron chi connectivity index (χ0n) is 30.3. The van der Waals surface area contributed by atoms with Crippen LogP contribution in [0.25, 0.3) is 11.3 Å². The topological polar surface area (TPSA) is 107 Å². The van der Waals surface area contributed by atoms with Gasteiger partial charge in [0.15, 0.2) is 5.13 Å². The van der Waals surface area contributed by atoms with Crippen LogP contribution in [0, 0.1) is 0 Å². The number of anilines is 2. The molecule has 0 radical (unpaired) electrons. The minimum Gasteiger partial charge on any atom is -0.481 e. The number of rotatable bonds is 16. The highest BCUT2D eigenvalue weighted by Crippen LogP contribution is 2.36. The Hall–Kier alpha value is -5.53. The van der Waals surface area contributed by atoms with Crippen molar-refractivity contribution in [2.75, 3.05) is 24.5 Å². The Morgan fingerprint density at radius 1 is 0.714 bits per heavy atom. The van der Waals surface area contributed by atoms with Gasteiger partial charge in [0, 0.05) is 59.9 Å². The molecule has 56 heavy (non-hydrogen) atoms. The molecule has 0 bridgehead atoms. The van der Waals surface area contributed by atoms with E-state index >= 15 is 0 Å². The summed E-state index contributed by atoms with van der Waals surface area (Å²) in [6, 6.07) is 39.7. The summed E-state index contributed by atoms with van der Waals surface area (Å²) < 4.78 is 39.4. The predicted octanol–water partition coefficient (Wildman–Crippen LogP) is 9.59. The van der Waals surface area contributed by atoms with Gasteiger partial charge in [0.05, 0.1) is 24.2 Å².